The standard InChI is InChI=1S/C20H28N6O/c1-5-10-21-20(22-13-19-24-23-16(3)25(19)4)26-11-12-27-18(14-26)17-9-7-6-8-15(17)2/h5-9,18H,1,10-14H2,2-4H3,(H,21,22). The lowest BCUT2D eigenvalue weighted by Crippen LogP contribution is -2.48. The molecule has 1 fully saturated rings. The van der Waals surface area contributed by atoms with E-state index in [2.05, 4.69) is 58.2 Å². The van der Waals surface area contributed by atoms with E-state index in [1.54, 1.807) is 0 Å². The molecular formula is C20H28N6O. The van der Waals surface area contributed by atoms with Crippen LogP contribution < -0.4 is 5.32 Å². The summed E-state index contributed by atoms with van der Waals surface area (Å²) in [5.74, 6) is 2.57. The smallest absolute Gasteiger partial charge is 0.194 e. The highest BCUT2D eigenvalue weighted by atomic mass is 16.5. The van der Waals surface area contributed by atoms with Gasteiger partial charge in [0.05, 0.1) is 13.2 Å². The molecule has 1 saturated heterocycles. The summed E-state index contributed by atoms with van der Waals surface area (Å²) in [5.41, 5.74) is 2.48. The number of benzene rings is 1. The lowest BCUT2D eigenvalue weighted by molar-refractivity contribution is -0.00831. The zero-order chi connectivity index (χ0) is 19.2. The van der Waals surface area contributed by atoms with Gasteiger partial charge in [-0.1, -0.05) is 30.3 Å². The van der Waals surface area contributed by atoms with E-state index in [1.165, 1.54) is 11.1 Å². The summed E-state index contributed by atoms with van der Waals surface area (Å²) in [4.78, 5) is 7.03. The minimum absolute atomic E-state index is 0.0350. The number of rotatable bonds is 5. The van der Waals surface area contributed by atoms with Gasteiger partial charge in [-0.05, 0) is 25.0 Å². The summed E-state index contributed by atoms with van der Waals surface area (Å²) in [7, 11) is 1.96. The summed E-state index contributed by atoms with van der Waals surface area (Å²) in [6, 6.07) is 8.38. The SMILES string of the molecule is C=CCNC(=NCc1nnc(C)n1C)N1CCOC(c2ccccc2C)C1. The van der Waals surface area contributed by atoms with Gasteiger partial charge in [-0.25, -0.2) is 4.99 Å². The Morgan fingerprint density at radius 2 is 2.19 bits per heavy atom. The molecule has 1 aromatic heterocycles. The number of aromatic nitrogens is 3. The molecule has 1 aromatic carbocycles. The fourth-order valence-electron chi connectivity index (χ4n) is 3.14. The van der Waals surface area contributed by atoms with Gasteiger partial charge in [0.2, 0.25) is 0 Å². The molecule has 0 saturated carbocycles. The van der Waals surface area contributed by atoms with Gasteiger partial charge in [0.25, 0.3) is 0 Å². The third-order valence-corrected chi connectivity index (χ3v) is 4.86. The van der Waals surface area contributed by atoms with E-state index in [0.29, 0.717) is 19.7 Å². The van der Waals surface area contributed by atoms with Gasteiger partial charge in [0.15, 0.2) is 11.8 Å². The van der Waals surface area contributed by atoms with Gasteiger partial charge in [-0.3, -0.25) is 0 Å². The van der Waals surface area contributed by atoms with Crippen LogP contribution in [0.1, 0.15) is 28.9 Å². The molecule has 1 aliphatic heterocycles. The van der Waals surface area contributed by atoms with E-state index >= 15 is 0 Å². The zero-order valence-corrected chi connectivity index (χ0v) is 16.4. The first-order valence-corrected chi connectivity index (χ1v) is 9.26. The molecule has 0 aliphatic carbocycles. The molecule has 0 amide bonds. The third-order valence-electron chi connectivity index (χ3n) is 4.86. The Labute approximate surface area is 160 Å². The second kappa shape index (κ2) is 8.81. The Bertz CT molecular complexity index is 813. The van der Waals surface area contributed by atoms with Crippen molar-refractivity contribution in [1.29, 1.82) is 0 Å². The Kier molecular flexibility index (Phi) is 6.24. The molecule has 2 heterocycles. The number of morpholine rings is 1. The number of ether oxygens (including phenoxy) is 1. The first-order chi connectivity index (χ1) is 13.1. The van der Waals surface area contributed by atoms with Crippen molar-refractivity contribution < 1.29 is 4.74 Å². The fraction of sp³-hybridized carbons (Fsp3) is 0.450. The van der Waals surface area contributed by atoms with Crippen molar-refractivity contribution in [2.75, 3.05) is 26.2 Å². The number of nitrogens with one attached hydrogen (secondary N) is 1. The predicted octanol–water partition coefficient (Wildman–Crippen LogP) is 2.14. The topological polar surface area (TPSA) is 67.6 Å². The lowest BCUT2D eigenvalue weighted by Gasteiger charge is -2.35. The predicted molar refractivity (Wildman–Crippen MR) is 107 cm³/mol. The van der Waals surface area contributed by atoms with Crippen LogP contribution in [0.25, 0.3) is 0 Å². The van der Waals surface area contributed by atoms with Crippen molar-refractivity contribution in [1.82, 2.24) is 25.0 Å². The van der Waals surface area contributed by atoms with Crippen LogP contribution in [0.3, 0.4) is 0 Å². The normalized spacial score (nSPS) is 17.8. The van der Waals surface area contributed by atoms with Crippen molar-refractivity contribution in [2.24, 2.45) is 12.0 Å². The van der Waals surface area contributed by atoms with Crippen molar-refractivity contribution in [3.63, 3.8) is 0 Å². The molecule has 144 valence electrons. The molecular weight excluding hydrogens is 340 g/mol. The molecule has 2 aromatic rings. The molecule has 1 N–H and O–H groups in total. The summed E-state index contributed by atoms with van der Waals surface area (Å²) >= 11 is 0. The van der Waals surface area contributed by atoms with Crippen LogP contribution in [0.4, 0.5) is 0 Å². The van der Waals surface area contributed by atoms with Crippen LogP contribution in [0.15, 0.2) is 41.9 Å². The summed E-state index contributed by atoms with van der Waals surface area (Å²) in [6.07, 6.45) is 1.87. The summed E-state index contributed by atoms with van der Waals surface area (Å²) in [6.45, 7) is 11.2. The second-order valence-electron chi connectivity index (χ2n) is 6.69. The molecule has 0 bridgehead atoms. The van der Waals surface area contributed by atoms with Crippen LogP contribution >= 0.6 is 0 Å². The Hall–Kier alpha value is -2.67. The number of aliphatic imine (C=N–C) groups is 1. The summed E-state index contributed by atoms with van der Waals surface area (Å²) in [5, 5.41) is 11.7. The van der Waals surface area contributed by atoms with Gasteiger partial charge in [-0.2, -0.15) is 0 Å². The molecule has 0 spiro atoms. The molecule has 7 heteroatoms. The highest BCUT2D eigenvalue weighted by molar-refractivity contribution is 5.80. The molecule has 0 radical (unpaired) electrons. The van der Waals surface area contributed by atoms with Crippen molar-refractivity contribution >= 4 is 5.96 Å². The Morgan fingerprint density at radius 1 is 1.37 bits per heavy atom. The van der Waals surface area contributed by atoms with Crippen molar-refractivity contribution in [3.8, 4) is 0 Å². The Morgan fingerprint density at radius 3 is 2.89 bits per heavy atom. The van der Waals surface area contributed by atoms with E-state index in [1.807, 2.05) is 24.6 Å². The van der Waals surface area contributed by atoms with E-state index < -0.39 is 0 Å². The first-order valence-electron chi connectivity index (χ1n) is 9.26. The molecule has 27 heavy (non-hydrogen) atoms. The van der Waals surface area contributed by atoms with Crippen LogP contribution in [-0.4, -0.2) is 51.9 Å². The van der Waals surface area contributed by atoms with Crippen LogP contribution in [-0.2, 0) is 18.3 Å². The van der Waals surface area contributed by atoms with E-state index in [0.717, 1.165) is 30.7 Å². The summed E-state index contributed by atoms with van der Waals surface area (Å²) < 4.78 is 8.01. The molecule has 1 unspecified atom stereocenters. The number of guanidine groups is 1. The van der Waals surface area contributed by atoms with E-state index in [4.69, 9.17) is 9.73 Å². The number of aryl methyl sites for hydroxylation is 2. The average Bonchev–Trinajstić information content (AvgIpc) is 3.01. The molecule has 3 rings (SSSR count). The lowest BCUT2D eigenvalue weighted by atomic mass is 10.0. The maximum Gasteiger partial charge on any atom is 0.194 e. The van der Waals surface area contributed by atoms with Gasteiger partial charge in [0, 0.05) is 20.1 Å². The van der Waals surface area contributed by atoms with Crippen LogP contribution in [0.2, 0.25) is 0 Å². The monoisotopic (exact) mass is 368 g/mol. The number of nitrogens with zero attached hydrogens (tertiary/aromatic N) is 5. The Balaban J connectivity index is 1.77. The number of hydrogen-bond donors (Lipinski definition) is 1. The highest BCUT2D eigenvalue weighted by Crippen LogP contribution is 2.25. The van der Waals surface area contributed by atoms with Crippen molar-refractivity contribution in [2.45, 2.75) is 26.5 Å². The first kappa shape index (κ1) is 19.1. The second-order valence-corrected chi connectivity index (χ2v) is 6.69. The minimum atomic E-state index is 0.0350. The van der Waals surface area contributed by atoms with Gasteiger partial charge < -0.3 is 19.5 Å². The third kappa shape index (κ3) is 4.54. The van der Waals surface area contributed by atoms with Crippen molar-refractivity contribution in [3.05, 3.63) is 59.7 Å². The van der Waals surface area contributed by atoms with Gasteiger partial charge in [-0.15, -0.1) is 16.8 Å². The zero-order valence-electron chi connectivity index (χ0n) is 16.4. The molecule has 1 aliphatic rings. The van der Waals surface area contributed by atoms with Crippen LogP contribution in [0.5, 0.6) is 0 Å². The molecule has 7 nitrogen and oxygen atoms in total. The maximum absolute atomic E-state index is 6.04. The maximum atomic E-state index is 6.04. The highest BCUT2D eigenvalue weighted by Gasteiger charge is 2.25. The fourth-order valence-corrected chi connectivity index (χ4v) is 3.14. The number of hydrogen-bond acceptors (Lipinski definition) is 4. The average molecular weight is 368 g/mol. The largest absolute Gasteiger partial charge is 0.370 e. The van der Waals surface area contributed by atoms with Crippen LogP contribution in [0, 0.1) is 13.8 Å². The van der Waals surface area contributed by atoms with Gasteiger partial charge >= 0.3 is 0 Å². The van der Waals surface area contributed by atoms with E-state index in [-0.39, 0.29) is 6.10 Å². The van der Waals surface area contributed by atoms with Gasteiger partial charge in [0.1, 0.15) is 18.5 Å². The quantitative estimate of drug-likeness (QED) is 0.498. The van der Waals surface area contributed by atoms with E-state index in [9.17, 15) is 0 Å². The minimum Gasteiger partial charge on any atom is -0.370 e. The molecule has 1 atom stereocenters.